The van der Waals surface area contributed by atoms with Gasteiger partial charge in [0.05, 0.1) is 0 Å². The minimum atomic E-state index is -0.852. The molecule has 2 atom stereocenters. The summed E-state index contributed by atoms with van der Waals surface area (Å²) in [6, 6.07) is 11.4. The molecule has 0 heterocycles. The number of aryl methyl sites for hydroxylation is 2. The van der Waals surface area contributed by atoms with Crippen LogP contribution >= 0.6 is 15.9 Å². The Balaban J connectivity index is 1.73. The molecule has 0 aromatic heterocycles. The summed E-state index contributed by atoms with van der Waals surface area (Å²) in [4.78, 5) is 38.6. The standard InChI is InChI=1S/C29H29BrFNO3/c1-5-24(31)10-9-17(2)21-11-18(3)27(19(4)12-21)28-25(33)14-22(29(28)35)15-26(34)32-16-20-7-6-8-23(30)13-20/h5-13,22,28H,1,14-16H2,2-4H3,(H,32,34)/b17-9+,24-10+. The number of allylic oxidation sites excluding steroid dienone is 5. The SMILES string of the molecule is C=C/C(F)=C\C=C(/C)c1cc(C)c(C2C(=O)CC(CC(=O)NCc3cccc(Br)c3)C2=O)c(C)c1. The van der Waals surface area contributed by atoms with Crippen LogP contribution in [-0.2, 0) is 20.9 Å². The molecule has 1 saturated carbocycles. The largest absolute Gasteiger partial charge is 0.352 e. The minimum absolute atomic E-state index is 0.00565. The van der Waals surface area contributed by atoms with Crippen LogP contribution in [0.3, 0.4) is 0 Å². The van der Waals surface area contributed by atoms with Gasteiger partial charge < -0.3 is 5.32 Å². The lowest BCUT2D eigenvalue weighted by Gasteiger charge is -2.17. The Morgan fingerprint density at radius 3 is 2.49 bits per heavy atom. The molecule has 2 unspecified atom stereocenters. The van der Waals surface area contributed by atoms with E-state index in [1.807, 2.05) is 57.2 Å². The maximum atomic E-state index is 13.4. The van der Waals surface area contributed by atoms with E-state index in [0.29, 0.717) is 12.1 Å². The minimum Gasteiger partial charge on any atom is -0.352 e. The molecule has 1 N–H and O–H groups in total. The van der Waals surface area contributed by atoms with E-state index in [1.54, 1.807) is 6.08 Å². The van der Waals surface area contributed by atoms with Crippen LogP contribution in [0.2, 0.25) is 0 Å². The molecule has 0 spiro atoms. The van der Waals surface area contributed by atoms with Gasteiger partial charge in [-0.15, -0.1) is 0 Å². The van der Waals surface area contributed by atoms with Gasteiger partial charge >= 0.3 is 0 Å². The summed E-state index contributed by atoms with van der Waals surface area (Å²) < 4.78 is 14.3. The van der Waals surface area contributed by atoms with Gasteiger partial charge in [-0.3, -0.25) is 14.4 Å². The van der Waals surface area contributed by atoms with Crippen LogP contribution < -0.4 is 5.32 Å². The number of carbonyl (C=O) groups excluding carboxylic acids is 3. The van der Waals surface area contributed by atoms with Gasteiger partial charge in [-0.1, -0.05) is 52.9 Å². The van der Waals surface area contributed by atoms with E-state index in [-0.39, 0.29) is 30.3 Å². The normalized spacial score (nSPS) is 18.7. The molecule has 3 rings (SSSR count). The molecule has 0 radical (unpaired) electrons. The van der Waals surface area contributed by atoms with Crippen molar-refractivity contribution in [1.29, 1.82) is 0 Å². The summed E-state index contributed by atoms with van der Waals surface area (Å²) in [5.41, 5.74) is 5.04. The van der Waals surface area contributed by atoms with Gasteiger partial charge in [-0.25, -0.2) is 4.39 Å². The third-order valence-corrected chi connectivity index (χ3v) is 6.79. The van der Waals surface area contributed by atoms with Crippen molar-refractivity contribution in [2.45, 2.75) is 46.1 Å². The first kappa shape index (κ1) is 26.5. The maximum absolute atomic E-state index is 13.4. The molecule has 6 heteroatoms. The number of carbonyl (C=O) groups is 3. The van der Waals surface area contributed by atoms with Crippen molar-refractivity contribution in [3.8, 4) is 0 Å². The Kier molecular flexibility index (Phi) is 8.73. The summed E-state index contributed by atoms with van der Waals surface area (Å²) in [7, 11) is 0. The second-order valence-electron chi connectivity index (χ2n) is 8.94. The molecule has 2 aromatic rings. The van der Waals surface area contributed by atoms with Gasteiger partial charge in [-0.05, 0) is 78.4 Å². The molecule has 1 aliphatic rings. The Morgan fingerprint density at radius 1 is 1.17 bits per heavy atom. The zero-order valence-electron chi connectivity index (χ0n) is 20.2. The highest BCUT2D eigenvalue weighted by molar-refractivity contribution is 9.10. The number of hydrogen-bond acceptors (Lipinski definition) is 3. The molecule has 1 fully saturated rings. The predicted octanol–water partition coefficient (Wildman–Crippen LogP) is 6.46. The van der Waals surface area contributed by atoms with Crippen LogP contribution in [-0.4, -0.2) is 17.5 Å². The fourth-order valence-electron chi connectivity index (χ4n) is 4.50. The number of Topliss-reactive ketones (excluding diaryl/α,β-unsaturated/α-hetero) is 2. The first-order valence-electron chi connectivity index (χ1n) is 11.5. The van der Waals surface area contributed by atoms with Crippen LogP contribution in [0.25, 0.3) is 5.57 Å². The third kappa shape index (κ3) is 6.51. The van der Waals surface area contributed by atoms with Crippen molar-refractivity contribution in [3.05, 3.63) is 99.3 Å². The summed E-state index contributed by atoms with van der Waals surface area (Å²) in [5, 5.41) is 2.84. The van der Waals surface area contributed by atoms with E-state index in [4.69, 9.17) is 0 Å². The molecular formula is C29H29BrFNO3. The zero-order chi connectivity index (χ0) is 25.7. The van der Waals surface area contributed by atoms with Crippen molar-refractivity contribution in [1.82, 2.24) is 5.32 Å². The van der Waals surface area contributed by atoms with Gasteiger partial charge in [0.25, 0.3) is 0 Å². The van der Waals surface area contributed by atoms with Gasteiger partial charge in [0.2, 0.25) is 5.91 Å². The molecule has 4 nitrogen and oxygen atoms in total. The first-order valence-corrected chi connectivity index (χ1v) is 12.3. The van der Waals surface area contributed by atoms with E-state index in [2.05, 4.69) is 27.8 Å². The summed E-state index contributed by atoms with van der Waals surface area (Å²) >= 11 is 3.40. The fourth-order valence-corrected chi connectivity index (χ4v) is 4.95. The highest BCUT2D eigenvalue weighted by atomic mass is 79.9. The Labute approximate surface area is 214 Å². The summed E-state index contributed by atoms with van der Waals surface area (Å²) in [6.07, 6.45) is 4.21. The molecule has 0 bridgehead atoms. The molecule has 0 saturated heterocycles. The van der Waals surface area contributed by atoms with Crippen molar-refractivity contribution in [2.75, 3.05) is 0 Å². The van der Waals surface area contributed by atoms with Crippen molar-refractivity contribution in [2.24, 2.45) is 5.92 Å². The quantitative estimate of drug-likeness (QED) is 0.310. The highest BCUT2D eigenvalue weighted by Gasteiger charge is 2.43. The van der Waals surface area contributed by atoms with Crippen LogP contribution in [0.15, 0.2) is 71.5 Å². The Morgan fingerprint density at radius 2 is 1.86 bits per heavy atom. The first-order chi connectivity index (χ1) is 16.6. The average Bonchev–Trinajstić information content (AvgIpc) is 3.08. The molecule has 2 aromatic carbocycles. The zero-order valence-corrected chi connectivity index (χ0v) is 21.7. The lowest BCUT2D eigenvalue weighted by Crippen LogP contribution is -2.27. The summed E-state index contributed by atoms with van der Waals surface area (Å²) in [5.74, 6) is -2.50. The lowest BCUT2D eigenvalue weighted by molar-refractivity contribution is -0.128. The molecule has 0 aliphatic heterocycles. The number of halogens is 2. The second kappa shape index (κ2) is 11.5. The van der Waals surface area contributed by atoms with Gasteiger partial charge in [-0.2, -0.15) is 0 Å². The number of nitrogens with one attached hydrogen (secondary N) is 1. The number of benzene rings is 2. The predicted molar refractivity (Wildman–Crippen MR) is 140 cm³/mol. The van der Waals surface area contributed by atoms with E-state index < -0.39 is 17.7 Å². The van der Waals surface area contributed by atoms with Crippen LogP contribution in [0.1, 0.15) is 53.5 Å². The van der Waals surface area contributed by atoms with Crippen LogP contribution in [0.4, 0.5) is 4.39 Å². The van der Waals surface area contributed by atoms with E-state index in [0.717, 1.165) is 38.4 Å². The van der Waals surface area contributed by atoms with Crippen molar-refractivity contribution >= 4 is 39.0 Å². The van der Waals surface area contributed by atoms with Gasteiger partial charge in [0.1, 0.15) is 17.5 Å². The van der Waals surface area contributed by atoms with E-state index >= 15 is 0 Å². The lowest BCUT2D eigenvalue weighted by atomic mass is 9.85. The van der Waals surface area contributed by atoms with Gasteiger partial charge in [0.15, 0.2) is 5.78 Å². The fraction of sp³-hybridized carbons (Fsp3) is 0.276. The third-order valence-electron chi connectivity index (χ3n) is 6.29. The Hall–Kier alpha value is -3.12. The van der Waals surface area contributed by atoms with Crippen LogP contribution in [0, 0.1) is 19.8 Å². The molecule has 1 aliphatic carbocycles. The van der Waals surface area contributed by atoms with E-state index in [1.165, 1.54) is 6.08 Å². The van der Waals surface area contributed by atoms with Crippen molar-refractivity contribution < 1.29 is 18.8 Å². The Bertz CT molecular complexity index is 1220. The molecular weight excluding hydrogens is 509 g/mol. The second-order valence-corrected chi connectivity index (χ2v) is 9.86. The number of amides is 1. The topological polar surface area (TPSA) is 63.2 Å². The molecule has 1 amide bonds. The monoisotopic (exact) mass is 537 g/mol. The number of rotatable bonds is 8. The van der Waals surface area contributed by atoms with Crippen molar-refractivity contribution in [3.63, 3.8) is 0 Å². The molecule has 182 valence electrons. The number of ketones is 2. The molecule has 35 heavy (non-hydrogen) atoms. The van der Waals surface area contributed by atoms with E-state index in [9.17, 15) is 18.8 Å². The smallest absolute Gasteiger partial charge is 0.221 e. The van der Waals surface area contributed by atoms with Gasteiger partial charge in [0, 0.05) is 29.8 Å². The number of hydrogen-bond donors (Lipinski definition) is 1. The average molecular weight is 538 g/mol. The van der Waals surface area contributed by atoms with Crippen LogP contribution in [0.5, 0.6) is 0 Å². The highest BCUT2D eigenvalue weighted by Crippen LogP contribution is 2.38. The maximum Gasteiger partial charge on any atom is 0.221 e. The summed E-state index contributed by atoms with van der Waals surface area (Å²) in [6.45, 7) is 9.37.